The van der Waals surface area contributed by atoms with Gasteiger partial charge in [-0.2, -0.15) is 0 Å². The third kappa shape index (κ3) is 15.6. The summed E-state index contributed by atoms with van der Waals surface area (Å²) < 4.78 is 3.20. The van der Waals surface area contributed by atoms with Crippen LogP contribution in [0.2, 0.25) is 28.8 Å². The van der Waals surface area contributed by atoms with Gasteiger partial charge in [0.1, 0.15) is 0 Å². The Kier molecular flexibility index (Phi) is 14.3. The van der Waals surface area contributed by atoms with Crippen molar-refractivity contribution in [1.82, 2.24) is 0 Å². The Hall–Kier alpha value is 1.58. The Bertz CT molecular complexity index is 117. The fourth-order valence-electron chi connectivity index (χ4n) is 1.84. The van der Waals surface area contributed by atoms with Gasteiger partial charge in [-0.1, -0.05) is 0 Å². The normalized spacial score (nSPS) is 11.6. The van der Waals surface area contributed by atoms with Gasteiger partial charge < -0.3 is 0 Å². The summed E-state index contributed by atoms with van der Waals surface area (Å²) in [5, 5.41) is 0. The quantitative estimate of drug-likeness (QED) is 0.280. The molecule has 0 aliphatic carbocycles. The van der Waals surface area contributed by atoms with Crippen molar-refractivity contribution in [2.45, 2.75) is 80.2 Å². The molecule has 0 aliphatic rings. The Balaban J connectivity index is 2.93. The zero-order valence-corrected chi connectivity index (χ0v) is 16.5. The summed E-state index contributed by atoms with van der Waals surface area (Å²) in [4.78, 5) is 10.0. The SMILES string of the molecule is C[Te+](C)CCCCCCCCCC[Te+](C)C. The van der Waals surface area contributed by atoms with Crippen LogP contribution in [0.1, 0.15) is 51.4 Å². The molecule has 0 unspecified atom stereocenters. The van der Waals surface area contributed by atoms with Crippen LogP contribution in [0.15, 0.2) is 0 Å². The minimum absolute atomic E-state index is 0.508. The Morgan fingerprint density at radius 1 is 0.438 bits per heavy atom. The van der Waals surface area contributed by atoms with Gasteiger partial charge in [0.05, 0.1) is 0 Å². The fourth-order valence-corrected chi connectivity index (χ4v) is 6.30. The van der Waals surface area contributed by atoms with Crippen LogP contribution in [0, 0.1) is 0 Å². The molecule has 0 bridgehead atoms. The zero-order chi connectivity index (χ0) is 12.2. The van der Waals surface area contributed by atoms with E-state index in [1.807, 2.05) is 0 Å². The van der Waals surface area contributed by atoms with E-state index in [0.29, 0.717) is 0 Å². The van der Waals surface area contributed by atoms with Gasteiger partial charge in [-0.25, -0.2) is 0 Å². The molecule has 0 saturated carbocycles. The molecule has 0 atom stereocenters. The third-order valence-corrected chi connectivity index (χ3v) is 9.16. The summed E-state index contributed by atoms with van der Waals surface area (Å²) in [7, 11) is 0. The molecule has 0 aromatic heterocycles. The number of unbranched alkanes of at least 4 members (excludes halogenated alkanes) is 7. The van der Waals surface area contributed by atoms with Gasteiger partial charge >= 0.3 is 119 Å². The summed E-state index contributed by atoms with van der Waals surface area (Å²) >= 11 is -1.02. The average Bonchev–Trinajstić information content (AvgIpc) is 2.20. The molecule has 2 heteroatoms. The predicted molar refractivity (Wildman–Crippen MR) is 81.5 cm³/mol. The summed E-state index contributed by atoms with van der Waals surface area (Å²) in [5.74, 6) is 0. The van der Waals surface area contributed by atoms with Gasteiger partial charge in [-0.3, -0.25) is 0 Å². The second-order valence-electron chi connectivity index (χ2n) is 5.21. The second-order valence-corrected chi connectivity index (χ2v) is 18.8. The summed E-state index contributed by atoms with van der Waals surface area (Å²) in [5.41, 5.74) is 0. The van der Waals surface area contributed by atoms with E-state index in [4.69, 9.17) is 0 Å². The van der Waals surface area contributed by atoms with Crippen molar-refractivity contribution in [2.75, 3.05) is 0 Å². The maximum atomic E-state index is 2.50. The van der Waals surface area contributed by atoms with Gasteiger partial charge in [0, 0.05) is 0 Å². The van der Waals surface area contributed by atoms with Gasteiger partial charge in [-0.05, 0) is 0 Å². The van der Waals surface area contributed by atoms with Crippen molar-refractivity contribution < 1.29 is 0 Å². The van der Waals surface area contributed by atoms with E-state index in [9.17, 15) is 0 Å². The van der Waals surface area contributed by atoms with Gasteiger partial charge in [0.25, 0.3) is 0 Å². The van der Waals surface area contributed by atoms with E-state index >= 15 is 0 Å². The molecule has 0 amide bonds. The molecule has 0 N–H and O–H groups in total. The van der Waals surface area contributed by atoms with Crippen LogP contribution in [0.4, 0.5) is 0 Å². The van der Waals surface area contributed by atoms with Crippen molar-refractivity contribution in [3.63, 3.8) is 0 Å². The monoisotopic (exact) mass is 460 g/mol. The van der Waals surface area contributed by atoms with E-state index in [1.165, 1.54) is 51.4 Å². The van der Waals surface area contributed by atoms with Crippen molar-refractivity contribution in [2.24, 2.45) is 0 Å². The Morgan fingerprint density at radius 2 is 0.688 bits per heavy atom. The number of hydrogen-bond donors (Lipinski definition) is 0. The predicted octanol–water partition coefficient (Wildman–Crippen LogP) is 5.62. The average molecular weight is 456 g/mol. The standard InChI is InChI=1S/C14H32Te2/c1-15(2)13-11-9-7-5-6-8-10-12-14-16(3)4/h5-14H2,1-4H3/q+2. The first-order chi connectivity index (χ1) is 7.63. The van der Waals surface area contributed by atoms with Crippen molar-refractivity contribution in [3.8, 4) is 0 Å². The van der Waals surface area contributed by atoms with E-state index in [1.54, 1.807) is 8.94 Å². The van der Waals surface area contributed by atoms with Crippen LogP contribution in [0.3, 0.4) is 0 Å². The molecule has 0 radical (unpaired) electrons. The Morgan fingerprint density at radius 3 is 0.938 bits per heavy atom. The van der Waals surface area contributed by atoms with Gasteiger partial charge in [-0.15, -0.1) is 0 Å². The van der Waals surface area contributed by atoms with Crippen LogP contribution in [-0.4, -0.2) is 39.1 Å². The second kappa shape index (κ2) is 13.0. The zero-order valence-electron chi connectivity index (χ0n) is 11.9. The van der Waals surface area contributed by atoms with Crippen molar-refractivity contribution >= 4 is 39.1 Å². The number of rotatable bonds is 11. The fraction of sp³-hybridized carbons (Fsp3) is 1.00. The van der Waals surface area contributed by atoms with Gasteiger partial charge in [0.2, 0.25) is 0 Å². The van der Waals surface area contributed by atoms with E-state index in [0.717, 1.165) is 0 Å². The first kappa shape index (κ1) is 17.6. The molecular formula is C14H32Te2+2. The van der Waals surface area contributed by atoms with Crippen LogP contribution in [0.5, 0.6) is 0 Å². The molecule has 0 saturated heterocycles. The molecule has 0 fully saturated rings. The topological polar surface area (TPSA) is 0 Å². The molecule has 0 rings (SSSR count). The van der Waals surface area contributed by atoms with E-state index < -0.39 is 39.1 Å². The third-order valence-electron chi connectivity index (χ3n) is 2.86. The van der Waals surface area contributed by atoms with Crippen LogP contribution >= 0.6 is 0 Å². The maximum absolute atomic E-state index is 2.50. The van der Waals surface area contributed by atoms with Crippen LogP contribution < -0.4 is 0 Å². The van der Waals surface area contributed by atoms with E-state index in [2.05, 4.69) is 19.9 Å². The van der Waals surface area contributed by atoms with Crippen LogP contribution in [-0.2, 0) is 0 Å². The van der Waals surface area contributed by atoms with Crippen LogP contribution in [0.25, 0.3) is 0 Å². The van der Waals surface area contributed by atoms with Crippen molar-refractivity contribution in [3.05, 3.63) is 0 Å². The first-order valence-electron chi connectivity index (χ1n) is 6.71. The molecule has 0 aromatic rings. The molecule has 16 heavy (non-hydrogen) atoms. The van der Waals surface area contributed by atoms with E-state index in [-0.39, 0.29) is 0 Å². The molecule has 0 heterocycles. The van der Waals surface area contributed by atoms with Crippen molar-refractivity contribution in [1.29, 1.82) is 0 Å². The molecule has 0 spiro atoms. The number of hydrogen-bond acceptors (Lipinski definition) is 0. The molecule has 98 valence electrons. The minimum atomic E-state index is -0.508. The summed E-state index contributed by atoms with van der Waals surface area (Å²) in [6.45, 7) is 0. The Labute approximate surface area is 118 Å². The van der Waals surface area contributed by atoms with Gasteiger partial charge in [0.15, 0.2) is 0 Å². The first-order valence-corrected chi connectivity index (χ1v) is 19.3. The molecule has 0 aliphatic heterocycles. The summed E-state index contributed by atoms with van der Waals surface area (Å²) in [6, 6.07) is 0. The molecule has 0 aromatic carbocycles. The molecule has 0 nitrogen and oxygen atoms in total. The molecular weight excluding hydrogens is 423 g/mol. The summed E-state index contributed by atoms with van der Waals surface area (Å²) in [6.07, 6.45) is 12.1.